The monoisotopic (exact) mass is 400 g/mol. The van der Waals surface area contributed by atoms with Crippen LogP contribution in [0.4, 0.5) is 4.79 Å². The van der Waals surface area contributed by atoms with Crippen molar-refractivity contribution in [1.29, 1.82) is 0 Å². The minimum atomic E-state index is -0.815. The van der Waals surface area contributed by atoms with Crippen molar-refractivity contribution < 1.29 is 14.3 Å². The Morgan fingerprint density at radius 2 is 2.07 bits per heavy atom. The van der Waals surface area contributed by atoms with Crippen molar-refractivity contribution >= 4 is 27.6 Å². The van der Waals surface area contributed by atoms with Gasteiger partial charge < -0.3 is 15.2 Å². The van der Waals surface area contributed by atoms with Crippen LogP contribution in [0.25, 0.3) is 21.5 Å². The third kappa shape index (κ3) is 4.56. The Morgan fingerprint density at radius 3 is 2.75 bits per heavy atom. The fourth-order valence-electron chi connectivity index (χ4n) is 3.32. The molecule has 0 radical (unpaired) electrons. The molecule has 0 aliphatic rings. The van der Waals surface area contributed by atoms with E-state index >= 15 is 0 Å². The summed E-state index contributed by atoms with van der Waals surface area (Å²) in [4.78, 5) is 24.5. The molecule has 3 rings (SSSR count). The molecule has 0 saturated heterocycles. The average Bonchev–Trinajstić information content (AvgIpc) is 3.08. The molecule has 0 bridgehead atoms. The number of ether oxygens (including phenoxy) is 2. The molecule has 148 valence electrons. The lowest BCUT2D eigenvalue weighted by molar-refractivity contribution is -0.0183. The zero-order valence-corrected chi connectivity index (χ0v) is 17.2. The molecule has 0 saturated carbocycles. The summed E-state index contributed by atoms with van der Waals surface area (Å²) in [5.41, 5.74) is 8.80. The summed E-state index contributed by atoms with van der Waals surface area (Å²) >= 11 is 1.53. The van der Waals surface area contributed by atoms with Gasteiger partial charge in [0.1, 0.15) is 29.3 Å². The molecular formula is C20H24N4O3S. The standard InChI is InChI=1S/C20H24N4O3S/c1-12(2)9-20(4,27-19(21)25)10-26-16-6-5-14(18-17(16)23-11-28-18)15-7-8-22-13(3)24-15/h5-8,11-12H,9-10H2,1-4H3,(H2,21,25). The highest BCUT2D eigenvalue weighted by Gasteiger charge is 2.31. The number of thiazole rings is 1. The molecule has 0 aliphatic heterocycles. The highest BCUT2D eigenvalue weighted by molar-refractivity contribution is 7.17. The zero-order valence-electron chi connectivity index (χ0n) is 16.4. The third-order valence-corrected chi connectivity index (χ3v) is 5.08. The minimum Gasteiger partial charge on any atom is -0.487 e. The number of carbonyl (C=O) groups excluding carboxylic acids is 1. The molecule has 1 aromatic carbocycles. The normalized spacial score (nSPS) is 13.5. The molecule has 0 aliphatic carbocycles. The van der Waals surface area contributed by atoms with Gasteiger partial charge in [-0.1, -0.05) is 13.8 Å². The maximum atomic E-state index is 11.3. The summed E-state index contributed by atoms with van der Waals surface area (Å²) < 4.78 is 12.4. The fourth-order valence-corrected chi connectivity index (χ4v) is 4.15. The van der Waals surface area contributed by atoms with Crippen molar-refractivity contribution in [3.05, 3.63) is 35.7 Å². The Balaban J connectivity index is 1.89. The Labute approximate surface area is 167 Å². The third-order valence-electron chi connectivity index (χ3n) is 4.22. The summed E-state index contributed by atoms with van der Waals surface area (Å²) in [7, 11) is 0. The van der Waals surface area contributed by atoms with E-state index in [2.05, 4.69) is 28.8 Å². The van der Waals surface area contributed by atoms with Crippen molar-refractivity contribution in [3.63, 3.8) is 0 Å². The molecule has 2 heterocycles. The van der Waals surface area contributed by atoms with Crippen molar-refractivity contribution in [2.75, 3.05) is 6.61 Å². The van der Waals surface area contributed by atoms with E-state index in [1.165, 1.54) is 11.3 Å². The number of nitrogens with two attached hydrogens (primary N) is 1. The predicted octanol–water partition coefficient (Wildman–Crippen LogP) is 4.34. The van der Waals surface area contributed by atoms with Gasteiger partial charge in [-0.25, -0.2) is 19.7 Å². The highest BCUT2D eigenvalue weighted by Crippen LogP contribution is 2.36. The maximum absolute atomic E-state index is 11.3. The van der Waals surface area contributed by atoms with Gasteiger partial charge in [0.25, 0.3) is 0 Å². The number of hydrogen-bond acceptors (Lipinski definition) is 7. The topological polar surface area (TPSA) is 100 Å². The van der Waals surface area contributed by atoms with Crippen LogP contribution in [0.2, 0.25) is 0 Å². The molecule has 1 atom stereocenters. The lowest BCUT2D eigenvalue weighted by Crippen LogP contribution is -2.41. The molecule has 8 heteroatoms. The summed E-state index contributed by atoms with van der Waals surface area (Å²) in [6.07, 6.45) is 1.57. The van der Waals surface area contributed by atoms with E-state index in [1.807, 2.05) is 32.0 Å². The van der Waals surface area contributed by atoms with E-state index in [9.17, 15) is 4.79 Å². The van der Waals surface area contributed by atoms with Crippen LogP contribution in [-0.2, 0) is 4.74 Å². The summed E-state index contributed by atoms with van der Waals surface area (Å²) in [5.74, 6) is 1.66. The van der Waals surface area contributed by atoms with Crippen LogP contribution in [-0.4, -0.2) is 33.3 Å². The molecule has 1 amide bonds. The fraction of sp³-hybridized carbons (Fsp3) is 0.400. The van der Waals surface area contributed by atoms with Gasteiger partial charge in [-0.3, -0.25) is 0 Å². The first-order valence-corrected chi connectivity index (χ1v) is 9.93. The number of benzene rings is 1. The van der Waals surface area contributed by atoms with Crippen molar-refractivity contribution in [2.45, 2.75) is 39.7 Å². The maximum Gasteiger partial charge on any atom is 0.405 e. The summed E-state index contributed by atoms with van der Waals surface area (Å²) in [5, 5.41) is 0. The minimum absolute atomic E-state index is 0.187. The second-order valence-electron chi connectivity index (χ2n) is 7.39. The molecule has 7 nitrogen and oxygen atoms in total. The average molecular weight is 401 g/mol. The lowest BCUT2D eigenvalue weighted by atomic mass is 9.95. The number of fused-ring (bicyclic) bond motifs is 1. The van der Waals surface area contributed by atoms with Gasteiger partial charge >= 0.3 is 6.09 Å². The number of primary amides is 1. The number of amides is 1. The molecule has 2 N–H and O–H groups in total. The van der Waals surface area contributed by atoms with Crippen LogP contribution < -0.4 is 10.5 Å². The first-order valence-electron chi connectivity index (χ1n) is 9.05. The quantitative estimate of drug-likeness (QED) is 0.633. The van der Waals surface area contributed by atoms with Gasteiger partial charge in [-0.2, -0.15) is 0 Å². The van der Waals surface area contributed by atoms with E-state index in [-0.39, 0.29) is 6.61 Å². The van der Waals surface area contributed by atoms with Gasteiger partial charge in [0.05, 0.1) is 15.9 Å². The van der Waals surface area contributed by atoms with Gasteiger partial charge in [0.2, 0.25) is 0 Å². The number of nitrogens with zero attached hydrogens (tertiary/aromatic N) is 3. The van der Waals surface area contributed by atoms with Crippen LogP contribution in [0, 0.1) is 12.8 Å². The van der Waals surface area contributed by atoms with Crippen LogP contribution in [0.5, 0.6) is 5.75 Å². The first-order chi connectivity index (χ1) is 13.3. The number of aryl methyl sites for hydroxylation is 1. The Morgan fingerprint density at radius 1 is 1.29 bits per heavy atom. The van der Waals surface area contributed by atoms with Crippen molar-refractivity contribution in [3.8, 4) is 17.0 Å². The summed E-state index contributed by atoms with van der Waals surface area (Å²) in [6.45, 7) is 7.99. The molecule has 0 fully saturated rings. The predicted molar refractivity (Wildman–Crippen MR) is 109 cm³/mol. The van der Waals surface area contributed by atoms with Crippen LogP contribution in [0.1, 0.15) is 33.0 Å². The van der Waals surface area contributed by atoms with E-state index in [1.54, 1.807) is 11.7 Å². The molecule has 2 aromatic heterocycles. The van der Waals surface area contributed by atoms with Gasteiger partial charge in [0, 0.05) is 11.8 Å². The second kappa shape index (κ2) is 8.10. The molecule has 0 spiro atoms. The number of rotatable bonds is 7. The van der Waals surface area contributed by atoms with Gasteiger partial charge in [0.15, 0.2) is 0 Å². The summed E-state index contributed by atoms with van der Waals surface area (Å²) in [6, 6.07) is 5.71. The molecular weight excluding hydrogens is 376 g/mol. The second-order valence-corrected chi connectivity index (χ2v) is 8.24. The van der Waals surface area contributed by atoms with E-state index < -0.39 is 11.7 Å². The van der Waals surface area contributed by atoms with Crippen LogP contribution in [0.15, 0.2) is 29.9 Å². The smallest absolute Gasteiger partial charge is 0.405 e. The van der Waals surface area contributed by atoms with Crippen molar-refractivity contribution in [1.82, 2.24) is 15.0 Å². The molecule has 1 unspecified atom stereocenters. The molecule has 3 aromatic rings. The Kier molecular flexibility index (Phi) is 5.79. The van der Waals surface area contributed by atoms with Gasteiger partial charge in [-0.15, -0.1) is 11.3 Å². The Bertz CT molecular complexity index is 988. The number of carbonyl (C=O) groups is 1. The van der Waals surface area contributed by atoms with E-state index in [0.29, 0.717) is 23.9 Å². The zero-order chi connectivity index (χ0) is 20.3. The van der Waals surface area contributed by atoms with Crippen LogP contribution >= 0.6 is 11.3 Å². The Hall–Kier alpha value is -2.74. The number of aromatic nitrogens is 3. The van der Waals surface area contributed by atoms with Gasteiger partial charge in [-0.05, 0) is 44.4 Å². The highest BCUT2D eigenvalue weighted by atomic mass is 32.1. The van der Waals surface area contributed by atoms with Crippen LogP contribution in [0.3, 0.4) is 0 Å². The van der Waals surface area contributed by atoms with E-state index in [0.717, 1.165) is 21.5 Å². The largest absolute Gasteiger partial charge is 0.487 e. The molecule has 28 heavy (non-hydrogen) atoms. The van der Waals surface area contributed by atoms with Crippen molar-refractivity contribution in [2.24, 2.45) is 11.7 Å². The SMILES string of the molecule is Cc1nccc(-c2ccc(OCC(C)(CC(C)C)OC(N)=O)c3ncsc23)n1. The lowest BCUT2D eigenvalue weighted by Gasteiger charge is -2.30. The first kappa shape index (κ1) is 20.0. The number of hydrogen-bond donors (Lipinski definition) is 1. The van der Waals surface area contributed by atoms with E-state index in [4.69, 9.17) is 15.2 Å².